The van der Waals surface area contributed by atoms with Crippen LogP contribution < -0.4 is 20.5 Å². The molecule has 0 radical (unpaired) electrons. The van der Waals surface area contributed by atoms with Gasteiger partial charge in [-0.15, -0.1) is 12.4 Å². The first-order valence-electron chi connectivity index (χ1n) is 7.62. The number of nitrogens with one attached hydrogen (secondary N) is 1. The summed E-state index contributed by atoms with van der Waals surface area (Å²) in [4.78, 5) is 12.3. The van der Waals surface area contributed by atoms with Gasteiger partial charge >= 0.3 is 0 Å². The van der Waals surface area contributed by atoms with Gasteiger partial charge in [-0.2, -0.15) is 0 Å². The summed E-state index contributed by atoms with van der Waals surface area (Å²) in [5.74, 6) is 1.05. The smallest absolute Gasteiger partial charge is 0.251 e. The lowest BCUT2D eigenvalue weighted by Crippen LogP contribution is -2.40. The fraction of sp³-hybridized carbons (Fsp3) is 0.471. The molecular weight excluding hydrogens is 316 g/mol. The van der Waals surface area contributed by atoms with Crippen LogP contribution in [0.3, 0.4) is 0 Å². The van der Waals surface area contributed by atoms with Gasteiger partial charge in [-0.3, -0.25) is 4.79 Å². The maximum absolute atomic E-state index is 12.3. The topological polar surface area (TPSA) is 73.6 Å². The zero-order valence-corrected chi connectivity index (χ0v) is 14.2. The molecular formula is C17H25ClN2O3. The van der Waals surface area contributed by atoms with Crippen molar-refractivity contribution in [1.82, 2.24) is 5.32 Å². The van der Waals surface area contributed by atoms with Crippen LogP contribution in [-0.4, -0.2) is 31.7 Å². The van der Waals surface area contributed by atoms with Gasteiger partial charge < -0.3 is 20.5 Å². The number of halogens is 1. The number of nitrogens with two attached hydrogens (primary N) is 1. The predicted octanol–water partition coefficient (Wildman–Crippen LogP) is 2.68. The summed E-state index contributed by atoms with van der Waals surface area (Å²) in [6, 6.07) is 5.66. The SMILES string of the molecule is C=CCOc1ccc(C(=O)NC2CCC(N)CC2)cc1OC.Cl. The first-order chi connectivity index (χ1) is 10.6. The summed E-state index contributed by atoms with van der Waals surface area (Å²) in [5, 5.41) is 3.06. The second-order valence-electron chi connectivity index (χ2n) is 5.55. The highest BCUT2D eigenvalue weighted by Gasteiger charge is 2.21. The number of ether oxygens (including phenoxy) is 2. The van der Waals surface area contributed by atoms with Gasteiger partial charge in [-0.25, -0.2) is 0 Å². The summed E-state index contributed by atoms with van der Waals surface area (Å²) >= 11 is 0. The molecule has 1 aliphatic carbocycles. The van der Waals surface area contributed by atoms with E-state index < -0.39 is 0 Å². The highest BCUT2D eigenvalue weighted by atomic mass is 35.5. The van der Waals surface area contributed by atoms with E-state index in [1.165, 1.54) is 0 Å². The van der Waals surface area contributed by atoms with Gasteiger partial charge in [0, 0.05) is 17.6 Å². The Bertz CT molecular complexity index is 529. The van der Waals surface area contributed by atoms with Gasteiger partial charge in [0.1, 0.15) is 6.61 Å². The molecule has 0 aromatic heterocycles. The average Bonchev–Trinajstić information content (AvgIpc) is 2.54. The van der Waals surface area contributed by atoms with E-state index in [0.717, 1.165) is 25.7 Å². The van der Waals surface area contributed by atoms with E-state index in [-0.39, 0.29) is 30.4 Å². The Kier molecular flexibility index (Phi) is 7.92. The van der Waals surface area contributed by atoms with Gasteiger partial charge in [0.25, 0.3) is 5.91 Å². The Morgan fingerprint density at radius 2 is 2.04 bits per heavy atom. The molecule has 5 nitrogen and oxygen atoms in total. The molecule has 1 aliphatic rings. The molecule has 1 saturated carbocycles. The highest BCUT2D eigenvalue weighted by molar-refractivity contribution is 5.95. The van der Waals surface area contributed by atoms with Crippen molar-refractivity contribution in [2.45, 2.75) is 37.8 Å². The largest absolute Gasteiger partial charge is 0.493 e. The molecule has 0 atom stereocenters. The standard InChI is InChI=1S/C17H24N2O3.ClH/c1-3-10-22-15-9-4-12(11-16(15)21-2)17(20)19-14-7-5-13(18)6-8-14;/h3-4,9,11,13-14H,1,5-8,10,18H2,2H3,(H,19,20);1H. The van der Waals surface area contributed by atoms with Crippen molar-refractivity contribution in [3.63, 3.8) is 0 Å². The first kappa shape index (κ1) is 19.3. The van der Waals surface area contributed by atoms with Crippen molar-refractivity contribution in [1.29, 1.82) is 0 Å². The molecule has 23 heavy (non-hydrogen) atoms. The Balaban J connectivity index is 0.00000264. The molecule has 0 bridgehead atoms. The van der Waals surface area contributed by atoms with Gasteiger partial charge in [0.15, 0.2) is 11.5 Å². The molecule has 0 saturated heterocycles. The van der Waals surface area contributed by atoms with Gasteiger partial charge in [0.2, 0.25) is 0 Å². The molecule has 0 aliphatic heterocycles. The van der Waals surface area contributed by atoms with Crippen molar-refractivity contribution < 1.29 is 14.3 Å². The van der Waals surface area contributed by atoms with Crippen molar-refractivity contribution in [3.05, 3.63) is 36.4 Å². The molecule has 3 N–H and O–H groups in total. The van der Waals surface area contributed by atoms with Crippen LogP contribution in [0, 0.1) is 0 Å². The Morgan fingerprint density at radius 3 is 2.65 bits per heavy atom. The van der Waals surface area contributed by atoms with Crippen LogP contribution in [0.2, 0.25) is 0 Å². The van der Waals surface area contributed by atoms with E-state index in [2.05, 4.69) is 11.9 Å². The normalized spacial score (nSPS) is 20.1. The van der Waals surface area contributed by atoms with Crippen molar-refractivity contribution in [2.24, 2.45) is 5.73 Å². The second kappa shape index (κ2) is 9.43. The Hall–Kier alpha value is -1.72. The van der Waals surface area contributed by atoms with Crippen LogP contribution in [0.15, 0.2) is 30.9 Å². The Labute approximate surface area is 143 Å². The molecule has 6 heteroatoms. The molecule has 1 amide bonds. The number of hydrogen-bond acceptors (Lipinski definition) is 4. The van der Waals surface area contributed by atoms with E-state index in [9.17, 15) is 4.79 Å². The van der Waals surface area contributed by atoms with Gasteiger partial charge in [-0.1, -0.05) is 12.7 Å². The molecule has 0 unspecified atom stereocenters. The predicted molar refractivity (Wildman–Crippen MR) is 93.6 cm³/mol. The van der Waals surface area contributed by atoms with E-state index in [1.807, 2.05) is 0 Å². The number of carbonyl (C=O) groups is 1. The monoisotopic (exact) mass is 340 g/mol. The maximum atomic E-state index is 12.3. The summed E-state index contributed by atoms with van der Waals surface area (Å²) in [7, 11) is 1.56. The lowest BCUT2D eigenvalue weighted by atomic mass is 9.91. The van der Waals surface area contributed by atoms with Crippen LogP contribution in [0.25, 0.3) is 0 Å². The Morgan fingerprint density at radius 1 is 1.35 bits per heavy atom. The highest BCUT2D eigenvalue weighted by Crippen LogP contribution is 2.28. The van der Waals surface area contributed by atoms with E-state index in [0.29, 0.717) is 23.7 Å². The fourth-order valence-corrected chi connectivity index (χ4v) is 2.61. The fourth-order valence-electron chi connectivity index (χ4n) is 2.61. The minimum absolute atomic E-state index is 0. The summed E-state index contributed by atoms with van der Waals surface area (Å²) in [5.41, 5.74) is 6.45. The molecule has 128 valence electrons. The third kappa shape index (κ3) is 5.44. The van der Waals surface area contributed by atoms with E-state index in [4.69, 9.17) is 15.2 Å². The molecule has 1 aromatic rings. The van der Waals surface area contributed by atoms with Crippen LogP contribution in [0.1, 0.15) is 36.0 Å². The van der Waals surface area contributed by atoms with Crippen LogP contribution >= 0.6 is 12.4 Å². The molecule has 2 rings (SSSR count). The van der Waals surface area contributed by atoms with Crippen LogP contribution in [-0.2, 0) is 0 Å². The first-order valence-corrected chi connectivity index (χ1v) is 7.62. The zero-order chi connectivity index (χ0) is 15.9. The number of hydrogen-bond donors (Lipinski definition) is 2. The number of amides is 1. The van der Waals surface area contributed by atoms with Crippen LogP contribution in [0.4, 0.5) is 0 Å². The molecule has 0 heterocycles. The third-order valence-corrected chi connectivity index (χ3v) is 3.89. The summed E-state index contributed by atoms with van der Waals surface area (Å²) in [6.45, 7) is 4.00. The minimum Gasteiger partial charge on any atom is -0.493 e. The van der Waals surface area contributed by atoms with Gasteiger partial charge in [-0.05, 0) is 43.9 Å². The molecule has 1 aromatic carbocycles. The van der Waals surface area contributed by atoms with Crippen molar-refractivity contribution in [2.75, 3.05) is 13.7 Å². The molecule has 0 spiro atoms. The molecule has 1 fully saturated rings. The maximum Gasteiger partial charge on any atom is 0.251 e. The average molecular weight is 341 g/mol. The minimum atomic E-state index is -0.0888. The lowest BCUT2D eigenvalue weighted by molar-refractivity contribution is 0.0925. The number of rotatable bonds is 6. The van der Waals surface area contributed by atoms with Crippen LogP contribution in [0.5, 0.6) is 11.5 Å². The number of benzene rings is 1. The number of methoxy groups -OCH3 is 1. The van der Waals surface area contributed by atoms with E-state index in [1.54, 1.807) is 31.4 Å². The van der Waals surface area contributed by atoms with Crippen molar-refractivity contribution in [3.8, 4) is 11.5 Å². The van der Waals surface area contributed by atoms with E-state index >= 15 is 0 Å². The second-order valence-corrected chi connectivity index (χ2v) is 5.55. The summed E-state index contributed by atoms with van der Waals surface area (Å²) < 4.78 is 10.8. The lowest BCUT2D eigenvalue weighted by Gasteiger charge is -2.26. The summed E-state index contributed by atoms with van der Waals surface area (Å²) in [6.07, 6.45) is 5.45. The van der Waals surface area contributed by atoms with Crippen molar-refractivity contribution >= 4 is 18.3 Å². The quantitative estimate of drug-likeness (QED) is 0.781. The zero-order valence-electron chi connectivity index (χ0n) is 13.4. The van der Waals surface area contributed by atoms with Gasteiger partial charge in [0.05, 0.1) is 7.11 Å². The third-order valence-electron chi connectivity index (χ3n) is 3.89. The number of carbonyl (C=O) groups excluding carboxylic acids is 1.